The number of aliphatic hydroxyl groups is 1. The minimum atomic E-state index is -0.701. The minimum Gasteiger partial charge on any atom is -0.507 e. The Morgan fingerprint density at radius 2 is 2.06 bits per heavy atom. The van der Waals surface area contributed by atoms with E-state index in [0.29, 0.717) is 0 Å². The van der Waals surface area contributed by atoms with Gasteiger partial charge in [-0.1, -0.05) is 11.6 Å². The van der Waals surface area contributed by atoms with Gasteiger partial charge in [-0.05, 0) is 32.9 Å². The molecule has 0 heterocycles. The summed E-state index contributed by atoms with van der Waals surface area (Å²) in [6.45, 7) is 5.09. The fourth-order valence-electron chi connectivity index (χ4n) is 1.25. The number of carbonyl (C=O) groups is 1. The lowest BCUT2D eigenvalue weighted by molar-refractivity contribution is 0.0866. The fourth-order valence-corrected chi connectivity index (χ4v) is 1.25. The van der Waals surface area contributed by atoms with Crippen LogP contribution in [0.15, 0.2) is 18.2 Å². The molecule has 0 fully saturated rings. The second kappa shape index (κ2) is 4.53. The van der Waals surface area contributed by atoms with E-state index in [9.17, 15) is 9.90 Å². The van der Waals surface area contributed by atoms with Gasteiger partial charge in [0.15, 0.2) is 0 Å². The quantitative estimate of drug-likeness (QED) is 0.721. The van der Waals surface area contributed by atoms with Crippen molar-refractivity contribution in [1.29, 1.82) is 0 Å². The molecule has 0 aliphatic carbocycles. The summed E-state index contributed by atoms with van der Waals surface area (Å²) in [5.74, 6) is -0.447. The van der Waals surface area contributed by atoms with Crippen LogP contribution in [0.1, 0.15) is 29.8 Å². The standard InChI is InChI=1S/C12H17NO3/c1-8-4-5-10(15)9(6-8)11(16)13-12(2,3)7-14/h4-6,14-15H,7H2,1-3H3,(H,13,16). The summed E-state index contributed by atoms with van der Waals surface area (Å²) < 4.78 is 0. The van der Waals surface area contributed by atoms with Crippen molar-refractivity contribution in [3.8, 4) is 5.75 Å². The van der Waals surface area contributed by atoms with E-state index in [1.807, 2.05) is 6.92 Å². The molecule has 16 heavy (non-hydrogen) atoms. The maximum Gasteiger partial charge on any atom is 0.255 e. The monoisotopic (exact) mass is 223 g/mol. The first-order valence-electron chi connectivity index (χ1n) is 5.09. The molecule has 4 heteroatoms. The van der Waals surface area contributed by atoms with E-state index in [1.54, 1.807) is 26.0 Å². The maximum absolute atomic E-state index is 11.8. The molecule has 0 aliphatic rings. The number of aromatic hydroxyl groups is 1. The van der Waals surface area contributed by atoms with E-state index in [4.69, 9.17) is 5.11 Å². The van der Waals surface area contributed by atoms with Gasteiger partial charge in [0.25, 0.3) is 5.91 Å². The normalized spacial score (nSPS) is 11.2. The van der Waals surface area contributed by atoms with Crippen LogP contribution in [-0.4, -0.2) is 28.3 Å². The number of hydrogen-bond acceptors (Lipinski definition) is 3. The van der Waals surface area contributed by atoms with Gasteiger partial charge in [-0.25, -0.2) is 0 Å². The Hall–Kier alpha value is -1.55. The van der Waals surface area contributed by atoms with E-state index in [1.165, 1.54) is 6.07 Å². The van der Waals surface area contributed by atoms with Gasteiger partial charge in [0.1, 0.15) is 5.75 Å². The zero-order valence-corrected chi connectivity index (χ0v) is 9.74. The average molecular weight is 223 g/mol. The van der Waals surface area contributed by atoms with Gasteiger partial charge in [0, 0.05) is 0 Å². The third-order valence-corrected chi connectivity index (χ3v) is 2.24. The highest BCUT2D eigenvalue weighted by molar-refractivity contribution is 5.97. The molecule has 0 unspecified atom stereocenters. The molecule has 4 nitrogen and oxygen atoms in total. The van der Waals surface area contributed by atoms with Crippen LogP contribution in [0.4, 0.5) is 0 Å². The Morgan fingerprint density at radius 3 is 2.62 bits per heavy atom. The van der Waals surface area contributed by atoms with Crippen molar-refractivity contribution in [1.82, 2.24) is 5.32 Å². The molecule has 0 radical (unpaired) electrons. The van der Waals surface area contributed by atoms with Gasteiger partial charge in [0.05, 0.1) is 17.7 Å². The topological polar surface area (TPSA) is 69.6 Å². The number of amides is 1. The molecule has 1 aromatic rings. The Bertz CT molecular complexity index is 399. The molecule has 0 aromatic heterocycles. The number of carbonyl (C=O) groups excluding carboxylic acids is 1. The van der Waals surface area contributed by atoms with Crippen LogP contribution in [0.5, 0.6) is 5.75 Å². The van der Waals surface area contributed by atoms with Crippen molar-refractivity contribution < 1.29 is 15.0 Å². The van der Waals surface area contributed by atoms with Crippen LogP contribution in [0.25, 0.3) is 0 Å². The van der Waals surface area contributed by atoms with Gasteiger partial charge in [0.2, 0.25) is 0 Å². The second-order valence-corrected chi connectivity index (χ2v) is 4.52. The summed E-state index contributed by atoms with van der Waals surface area (Å²) in [4.78, 5) is 11.8. The Morgan fingerprint density at radius 1 is 1.44 bits per heavy atom. The number of phenols is 1. The molecule has 0 bridgehead atoms. The van der Waals surface area contributed by atoms with Crippen LogP contribution < -0.4 is 5.32 Å². The molecule has 88 valence electrons. The van der Waals surface area contributed by atoms with E-state index in [-0.39, 0.29) is 23.8 Å². The molecule has 1 amide bonds. The van der Waals surface area contributed by atoms with Crippen LogP contribution in [0, 0.1) is 6.92 Å². The molecule has 1 rings (SSSR count). The molecule has 0 saturated carbocycles. The molecule has 0 atom stereocenters. The number of rotatable bonds is 3. The molecule has 3 N–H and O–H groups in total. The highest BCUT2D eigenvalue weighted by Crippen LogP contribution is 2.18. The predicted octanol–water partition coefficient (Wildman–Crippen LogP) is 1.20. The van der Waals surface area contributed by atoms with Crippen molar-refractivity contribution >= 4 is 5.91 Å². The molecular formula is C12H17NO3. The zero-order chi connectivity index (χ0) is 12.3. The third-order valence-electron chi connectivity index (χ3n) is 2.24. The minimum absolute atomic E-state index is 0.0585. The Labute approximate surface area is 94.9 Å². The highest BCUT2D eigenvalue weighted by atomic mass is 16.3. The number of aliphatic hydroxyl groups excluding tert-OH is 1. The molecule has 0 spiro atoms. The molecule has 1 aromatic carbocycles. The van der Waals surface area contributed by atoms with Crippen LogP contribution in [0.3, 0.4) is 0 Å². The largest absolute Gasteiger partial charge is 0.507 e. The highest BCUT2D eigenvalue weighted by Gasteiger charge is 2.21. The number of aryl methyl sites for hydroxylation is 1. The van der Waals surface area contributed by atoms with Crippen molar-refractivity contribution in [3.05, 3.63) is 29.3 Å². The SMILES string of the molecule is Cc1ccc(O)c(C(=O)NC(C)(C)CO)c1. The van der Waals surface area contributed by atoms with E-state index in [0.717, 1.165) is 5.56 Å². The van der Waals surface area contributed by atoms with Gasteiger partial charge in [-0.2, -0.15) is 0 Å². The zero-order valence-electron chi connectivity index (χ0n) is 9.74. The van der Waals surface area contributed by atoms with Gasteiger partial charge in [-0.15, -0.1) is 0 Å². The molecule has 0 aliphatic heterocycles. The number of nitrogens with one attached hydrogen (secondary N) is 1. The lowest BCUT2D eigenvalue weighted by Crippen LogP contribution is -2.46. The summed E-state index contributed by atoms with van der Waals surface area (Å²) in [6, 6.07) is 4.82. The van der Waals surface area contributed by atoms with Gasteiger partial charge in [-0.3, -0.25) is 4.79 Å². The first kappa shape index (κ1) is 12.5. The van der Waals surface area contributed by atoms with Crippen LogP contribution in [-0.2, 0) is 0 Å². The Kier molecular flexibility index (Phi) is 3.55. The van der Waals surface area contributed by atoms with Crippen molar-refractivity contribution in [2.75, 3.05) is 6.61 Å². The summed E-state index contributed by atoms with van der Waals surface area (Å²) in [5.41, 5.74) is 0.416. The lowest BCUT2D eigenvalue weighted by atomic mass is 10.0. The smallest absolute Gasteiger partial charge is 0.255 e. The fraction of sp³-hybridized carbons (Fsp3) is 0.417. The molecular weight excluding hydrogens is 206 g/mol. The lowest BCUT2D eigenvalue weighted by Gasteiger charge is -2.23. The third kappa shape index (κ3) is 2.97. The second-order valence-electron chi connectivity index (χ2n) is 4.52. The Balaban J connectivity index is 2.93. The first-order valence-corrected chi connectivity index (χ1v) is 5.09. The number of hydrogen-bond donors (Lipinski definition) is 3. The van der Waals surface area contributed by atoms with Crippen LogP contribution >= 0.6 is 0 Å². The summed E-state index contributed by atoms with van der Waals surface area (Å²) in [5, 5.41) is 21.2. The van der Waals surface area contributed by atoms with Gasteiger partial charge >= 0.3 is 0 Å². The average Bonchev–Trinajstić information content (AvgIpc) is 2.21. The van der Waals surface area contributed by atoms with Gasteiger partial charge < -0.3 is 15.5 Å². The predicted molar refractivity (Wildman–Crippen MR) is 61.5 cm³/mol. The van der Waals surface area contributed by atoms with Crippen molar-refractivity contribution in [3.63, 3.8) is 0 Å². The number of benzene rings is 1. The van der Waals surface area contributed by atoms with E-state index in [2.05, 4.69) is 5.32 Å². The van der Waals surface area contributed by atoms with Crippen LogP contribution in [0.2, 0.25) is 0 Å². The van der Waals surface area contributed by atoms with Crippen molar-refractivity contribution in [2.45, 2.75) is 26.3 Å². The number of phenolic OH excluding ortho intramolecular Hbond substituents is 1. The van der Waals surface area contributed by atoms with Crippen molar-refractivity contribution in [2.24, 2.45) is 0 Å². The summed E-state index contributed by atoms with van der Waals surface area (Å²) in [6.07, 6.45) is 0. The summed E-state index contributed by atoms with van der Waals surface area (Å²) >= 11 is 0. The summed E-state index contributed by atoms with van der Waals surface area (Å²) in [7, 11) is 0. The molecule has 0 saturated heterocycles. The van der Waals surface area contributed by atoms with E-state index >= 15 is 0 Å². The van der Waals surface area contributed by atoms with E-state index < -0.39 is 5.54 Å². The maximum atomic E-state index is 11.8. The first-order chi connectivity index (χ1) is 7.35.